The summed E-state index contributed by atoms with van der Waals surface area (Å²) in [5.74, 6) is 0.0262. The van der Waals surface area contributed by atoms with Crippen LogP contribution in [0.2, 0.25) is 0 Å². The van der Waals surface area contributed by atoms with Crippen molar-refractivity contribution in [3.05, 3.63) is 19.1 Å². The van der Waals surface area contributed by atoms with Crippen LogP contribution in [0, 0.1) is 12.3 Å². The second-order valence-electron chi connectivity index (χ2n) is 6.25. The third kappa shape index (κ3) is 7.68. The van der Waals surface area contributed by atoms with Crippen LogP contribution in [0.3, 0.4) is 0 Å². The van der Waals surface area contributed by atoms with Crippen LogP contribution in [0.15, 0.2) is 12.7 Å². The maximum absolute atomic E-state index is 11.2. The Morgan fingerprint density at radius 2 is 1.62 bits per heavy atom. The molecule has 121 valence electrons. The standard InChI is InChI=1S/C19H33O2/c1-3-5-6-7-8-9-10-11-12-13-14-16-18-17(15-4-2)19(20)21-18/h4,14,17-18H,2-3,5-13,15-16H2,1H3/t17-,18-/m1/s1. The molecule has 21 heavy (non-hydrogen) atoms. The maximum Gasteiger partial charge on any atom is 0.313 e. The molecule has 1 rings (SSSR count). The lowest BCUT2D eigenvalue weighted by atomic mass is 9.89. The first kappa shape index (κ1) is 18.3. The first-order chi connectivity index (χ1) is 10.3. The fourth-order valence-corrected chi connectivity index (χ4v) is 2.92. The van der Waals surface area contributed by atoms with Crippen molar-refractivity contribution in [1.29, 1.82) is 0 Å². The van der Waals surface area contributed by atoms with E-state index >= 15 is 0 Å². The minimum atomic E-state index is -0.0450. The number of carbonyl (C=O) groups is 1. The molecule has 2 atom stereocenters. The Bertz CT molecular complexity index is 285. The highest BCUT2D eigenvalue weighted by molar-refractivity contribution is 5.78. The van der Waals surface area contributed by atoms with Crippen molar-refractivity contribution in [2.45, 2.75) is 90.1 Å². The molecular formula is C19H33O2. The van der Waals surface area contributed by atoms with E-state index in [0.717, 1.165) is 19.3 Å². The number of carbonyl (C=O) groups excluding carboxylic acids is 1. The molecule has 1 fully saturated rings. The van der Waals surface area contributed by atoms with Crippen LogP contribution in [-0.2, 0) is 9.53 Å². The zero-order valence-corrected chi connectivity index (χ0v) is 13.8. The number of cyclic esters (lactones) is 1. The summed E-state index contributed by atoms with van der Waals surface area (Å²) in [6.07, 6.45) is 19.4. The molecule has 0 aromatic heterocycles. The summed E-state index contributed by atoms with van der Waals surface area (Å²) in [7, 11) is 0. The lowest BCUT2D eigenvalue weighted by Gasteiger charge is -2.34. The van der Waals surface area contributed by atoms with Gasteiger partial charge in [0.05, 0.1) is 5.92 Å². The molecule has 0 amide bonds. The fourth-order valence-electron chi connectivity index (χ4n) is 2.92. The molecule has 1 heterocycles. The smallest absolute Gasteiger partial charge is 0.313 e. The van der Waals surface area contributed by atoms with Gasteiger partial charge in [0.2, 0.25) is 0 Å². The van der Waals surface area contributed by atoms with E-state index < -0.39 is 0 Å². The van der Waals surface area contributed by atoms with Crippen molar-refractivity contribution in [3.63, 3.8) is 0 Å². The first-order valence-corrected chi connectivity index (χ1v) is 8.92. The van der Waals surface area contributed by atoms with Gasteiger partial charge in [0.1, 0.15) is 6.10 Å². The summed E-state index contributed by atoms with van der Waals surface area (Å²) in [6.45, 7) is 5.96. The Balaban J connectivity index is 1.83. The lowest BCUT2D eigenvalue weighted by molar-refractivity contribution is -0.183. The highest BCUT2D eigenvalue weighted by atomic mass is 16.6. The second-order valence-corrected chi connectivity index (χ2v) is 6.25. The fraction of sp³-hybridized carbons (Fsp3) is 0.789. The largest absolute Gasteiger partial charge is 0.461 e. The van der Waals surface area contributed by atoms with Gasteiger partial charge in [-0.1, -0.05) is 77.2 Å². The molecule has 1 radical (unpaired) electrons. The van der Waals surface area contributed by atoms with Crippen molar-refractivity contribution in [1.82, 2.24) is 0 Å². The van der Waals surface area contributed by atoms with Gasteiger partial charge in [-0.2, -0.15) is 0 Å². The molecule has 0 aromatic rings. The Kier molecular flexibility index (Phi) is 10.3. The predicted molar refractivity (Wildman–Crippen MR) is 88.9 cm³/mol. The van der Waals surface area contributed by atoms with E-state index in [2.05, 4.69) is 19.9 Å². The van der Waals surface area contributed by atoms with Gasteiger partial charge in [0.15, 0.2) is 0 Å². The van der Waals surface area contributed by atoms with E-state index in [4.69, 9.17) is 4.74 Å². The molecule has 1 aliphatic heterocycles. The van der Waals surface area contributed by atoms with Crippen LogP contribution < -0.4 is 0 Å². The highest BCUT2D eigenvalue weighted by Gasteiger charge is 2.40. The number of rotatable bonds is 14. The van der Waals surface area contributed by atoms with Crippen molar-refractivity contribution in [3.8, 4) is 0 Å². The summed E-state index contributed by atoms with van der Waals surface area (Å²) in [6, 6.07) is 0. The van der Waals surface area contributed by atoms with Gasteiger partial charge in [0, 0.05) is 0 Å². The zero-order chi connectivity index (χ0) is 15.3. The van der Waals surface area contributed by atoms with E-state index in [0.29, 0.717) is 0 Å². The number of hydrogen-bond donors (Lipinski definition) is 0. The number of esters is 1. The van der Waals surface area contributed by atoms with E-state index in [9.17, 15) is 4.79 Å². The summed E-state index contributed by atoms with van der Waals surface area (Å²) in [5.41, 5.74) is 0. The monoisotopic (exact) mass is 293 g/mol. The van der Waals surface area contributed by atoms with Gasteiger partial charge in [-0.25, -0.2) is 0 Å². The summed E-state index contributed by atoms with van der Waals surface area (Å²) < 4.78 is 5.18. The molecule has 0 saturated carbocycles. The molecule has 1 saturated heterocycles. The number of hydrogen-bond acceptors (Lipinski definition) is 2. The minimum Gasteiger partial charge on any atom is -0.461 e. The Labute approximate surface area is 131 Å². The second kappa shape index (κ2) is 11.8. The van der Waals surface area contributed by atoms with Crippen LogP contribution in [0.5, 0.6) is 0 Å². The third-order valence-corrected chi connectivity index (χ3v) is 4.35. The summed E-state index contributed by atoms with van der Waals surface area (Å²) in [5, 5.41) is 0. The Morgan fingerprint density at radius 3 is 2.19 bits per heavy atom. The van der Waals surface area contributed by atoms with Crippen molar-refractivity contribution in [2.24, 2.45) is 5.92 Å². The molecule has 0 spiro atoms. The average molecular weight is 293 g/mol. The summed E-state index contributed by atoms with van der Waals surface area (Å²) in [4.78, 5) is 11.2. The molecule has 0 aliphatic carbocycles. The van der Waals surface area contributed by atoms with E-state index in [1.54, 1.807) is 0 Å². The third-order valence-electron chi connectivity index (χ3n) is 4.35. The van der Waals surface area contributed by atoms with Crippen LogP contribution in [-0.4, -0.2) is 12.1 Å². The van der Waals surface area contributed by atoms with E-state index in [1.165, 1.54) is 57.8 Å². The predicted octanol–water partition coefficient (Wildman–Crippen LogP) is 5.62. The quantitative estimate of drug-likeness (QED) is 0.236. The zero-order valence-electron chi connectivity index (χ0n) is 13.8. The van der Waals surface area contributed by atoms with Crippen molar-refractivity contribution >= 4 is 5.97 Å². The molecular weight excluding hydrogens is 260 g/mol. The SMILES string of the molecule is C=CC[C@H]1C(=O)O[C@@H]1C[CH]CCCCCCCCCCC. The Morgan fingerprint density at radius 1 is 1.00 bits per heavy atom. The van der Waals surface area contributed by atoms with Crippen molar-refractivity contribution in [2.75, 3.05) is 0 Å². The van der Waals surface area contributed by atoms with Gasteiger partial charge in [-0.05, 0) is 19.3 Å². The van der Waals surface area contributed by atoms with E-state index in [-0.39, 0.29) is 18.0 Å². The summed E-state index contributed by atoms with van der Waals surface area (Å²) >= 11 is 0. The van der Waals surface area contributed by atoms with Crippen molar-refractivity contribution < 1.29 is 9.53 Å². The molecule has 2 nitrogen and oxygen atoms in total. The molecule has 0 bridgehead atoms. The van der Waals surface area contributed by atoms with Gasteiger partial charge < -0.3 is 4.74 Å². The normalized spacial score (nSPS) is 20.9. The topological polar surface area (TPSA) is 26.3 Å². The molecule has 0 N–H and O–H groups in total. The molecule has 0 aromatic carbocycles. The average Bonchev–Trinajstić information content (AvgIpc) is 2.49. The van der Waals surface area contributed by atoms with Crippen LogP contribution >= 0.6 is 0 Å². The van der Waals surface area contributed by atoms with Gasteiger partial charge in [-0.15, -0.1) is 6.58 Å². The molecule has 1 aliphatic rings. The van der Waals surface area contributed by atoms with Gasteiger partial charge in [-0.3, -0.25) is 4.79 Å². The highest BCUT2D eigenvalue weighted by Crippen LogP contribution is 2.29. The lowest BCUT2D eigenvalue weighted by Crippen LogP contribution is -2.44. The number of ether oxygens (including phenoxy) is 1. The number of unbranched alkanes of at least 4 members (excludes halogenated alkanes) is 10. The van der Waals surface area contributed by atoms with Gasteiger partial charge >= 0.3 is 5.97 Å². The number of allylic oxidation sites excluding steroid dienone is 1. The van der Waals surface area contributed by atoms with E-state index in [1.807, 2.05) is 6.08 Å². The first-order valence-electron chi connectivity index (χ1n) is 8.92. The van der Waals surface area contributed by atoms with Gasteiger partial charge in [0.25, 0.3) is 0 Å². The molecule has 2 heteroatoms. The molecule has 0 unspecified atom stereocenters. The van der Waals surface area contributed by atoms with Crippen LogP contribution in [0.1, 0.15) is 84.0 Å². The Hall–Kier alpha value is -0.790. The van der Waals surface area contributed by atoms with Crippen LogP contribution in [0.25, 0.3) is 0 Å². The maximum atomic E-state index is 11.2. The van der Waals surface area contributed by atoms with Crippen LogP contribution in [0.4, 0.5) is 0 Å². The minimum absolute atomic E-state index is 0.0450.